The van der Waals surface area contributed by atoms with Gasteiger partial charge in [-0.15, -0.1) is 0 Å². The van der Waals surface area contributed by atoms with Crippen molar-refractivity contribution in [3.8, 4) is 11.1 Å². The van der Waals surface area contributed by atoms with Gasteiger partial charge in [-0.3, -0.25) is 0 Å². The molecule has 0 amide bonds. The molecule has 0 atom stereocenters. The first kappa shape index (κ1) is 24.5. The molecule has 0 radical (unpaired) electrons. The van der Waals surface area contributed by atoms with Crippen LogP contribution < -0.4 is 0 Å². The lowest BCUT2D eigenvalue weighted by Crippen LogP contribution is -2.15. The molecule has 0 aromatic heterocycles. The van der Waals surface area contributed by atoms with Gasteiger partial charge in [0, 0.05) is 5.41 Å². The summed E-state index contributed by atoms with van der Waals surface area (Å²) in [5.41, 5.74) is 5.69. The van der Waals surface area contributed by atoms with Crippen molar-refractivity contribution >= 4 is 32.3 Å². The Labute approximate surface area is 200 Å². The highest BCUT2D eigenvalue weighted by Crippen LogP contribution is 2.52. The molecule has 0 aliphatic heterocycles. The smallest absolute Gasteiger partial charge is 0.0165 e. The van der Waals surface area contributed by atoms with Crippen molar-refractivity contribution in [3.05, 3.63) is 96.1 Å². The first-order valence-corrected chi connectivity index (χ1v) is 12.6. The molecule has 1 aliphatic carbocycles. The summed E-state index contributed by atoms with van der Waals surface area (Å²) in [6.45, 7) is 16.8. The summed E-state index contributed by atoms with van der Waals surface area (Å²) >= 11 is 0. The van der Waals surface area contributed by atoms with Crippen LogP contribution >= 0.6 is 0 Å². The van der Waals surface area contributed by atoms with Crippen molar-refractivity contribution in [2.24, 2.45) is 0 Å². The van der Waals surface area contributed by atoms with Crippen LogP contribution in [0.5, 0.6) is 0 Å². The van der Waals surface area contributed by atoms with Crippen LogP contribution in [0.15, 0.2) is 84.9 Å². The second-order valence-corrected chi connectivity index (χ2v) is 8.24. The van der Waals surface area contributed by atoms with E-state index in [2.05, 4.69) is 98.8 Å². The van der Waals surface area contributed by atoms with Crippen LogP contribution in [0.1, 0.15) is 66.5 Å². The van der Waals surface area contributed by atoms with E-state index in [1.165, 1.54) is 54.6 Å². The van der Waals surface area contributed by atoms with E-state index in [9.17, 15) is 0 Å². The van der Waals surface area contributed by atoms with Gasteiger partial charge in [-0.1, -0.05) is 128 Å². The van der Waals surface area contributed by atoms with Crippen LogP contribution in [0.4, 0.5) is 0 Å². The Morgan fingerprint density at radius 3 is 1.67 bits per heavy atom. The van der Waals surface area contributed by atoms with E-state index in [4.69, 9.17) is 0 Å². The van der Waals surface area contributed by atoms with Crippen LogP contribution in [-0.2, 0) is 5.41 Å². The molecule has 0 nitrogen and oxygen atoms in total. The second kappa shape index (κ2) is 10.2. The van der Waals surface area contributed by atoms with Gasteiger partial charge < -0.3 is 0 Å². The zero-order valence-electron chi connectivity index (χ0n) is 21.6. The highest BCUT2D eigenvalue weighted by molar-refractivity contribution is 6.11. The fraction of sp³-hybridized carbons (Fsp3) is 0.273. The number of hydrogen-bond acceptors (Lipinski definition) is 0. The monoisotopic (exact) mass is 434 g/mol. The van der Waals surface area contributed by atoms with Crippen LogP contribution in [0, 0.1) is 0 Å². The Morgan fingerprint density at radius 1 is 0.455 bits per heavy atom. The number of rotatable bonds is 0. The standard InChI is InChI=1S/C27H20.3C2H6/c1-27(2)25-16-19-9-4-3-8-18(19)15-24(25)23-14-13-21-20-10-6-5-7-17(20)11-12-22(21)26(23)27;3*1-2/h3-16H,1-2H3;3*1-2H3. The maximum atomic E-state index is 2.40. The molecule has 0 unspecified atom stereocenters. The maximum absolute atomic E-state index is 2.40. The molecule has 5 aromatic carbocycles. The summed E-state index contributed by atoms with van der Waals surface area (Å²) in [6.07, 6.45) is 0. The van der Waals surface area contributed by atoms with Crippen molar-refractivity contribution < 1.29 is 0 Å². The Bertz CT molecular complexity index is 1390. The molecule has 0 spiro atoms. The summed E-state index contributed by atoms with van der Waals surface area (Å²) in [7, 11) is 0. The minimum Gasteiger partial charge on any atom is -0.0683 e. The summed E-state index contributed by atoms with van der Waals surface area (Å²) in [6, 6.07) is 31.4. The van der Waals surface area contributed by atoms with Gasteiger partial charge in [-0.05, 0) is 66.7 Å². The SMILES string of the molecule is CC.CC.CC.CC1(C)c2cc3ccccc3cc2-c2ccc3c(ccc4ccccc43)c21. The number of benzene rings is 5. The molecule has 6 rings (SSSR count). The fourth-order valence-electron chi connectivity index (χ4n) is 5.10. The zero-order chi connectivity index (χ0) is 24.2. The molecule has 0 saturated heterocycles. The fourth-order valence-corrected chi connectivity index (χ4v) is 5.10. The van der Waals surface area contributed by atoms with Crippen molar-refractivity contribution in [1.82, 2.24) is 0 Å². The van der Waals surface area contributed by atoms with Crippen molar-refractivity contribution in [1.29, 1.82) is 0 Å². The van der Waals surface area contributed by atoms with Crippen molar-refractivity contribution in [3.63, 3.8) is 0 Å². The van der Waals surface area contributed by atoms with Gasteiger partial charge in [-0.2, -0.15) is 0 Å². The molecule has 0 heterocycles. The lowest BCUT2D eigenvalue weighted by atomic mass is 9.79. The third-order valence-corrected chi connectivity index (χ3v) is 6.40. The molecule has 0 saturated carbocycles. The molecular weight excluding hydrogens is 396 g/mol. The molecule has 0 bridgehead atoms. The van der Waals surface area contributed by atoms with E-state index in [1.807, 2.05) is 41.5 Å². The predicted octanol–water partition coefficient (Wildman–Crippen LogP) is 10.5. The predicted molar refractivity (Wildman–Crippen MR) is 151 cm³/mol. The van der Waals surface area contributed by atoms with E-state index in [0.717, 1.165) is 0 Å². The van der Waals surface area contributed by atoms with E-state index in [0.29, 0.717) is 0 Å². The molecule has 170 valence electrons. The summed E-state index contributed by atoms with van der Waals surface area (Å²) < 4.78 is 0. The summed E-state index contributed by atoms with van der Waals surface area (Å²) in [5.74, 6) is 0. The van der Waals surface area contributed by atoms with Gasteiger partial charge in [0.1, 0.15) is 0 Å². The van der Waals surface area contributed by atoms with Gasteiger partial charge in [-0.25, -0.2) is 0 Å². The quantitative estimate of drug-likeness (QED) is 0.213. The van der Waals surface area contributed by atoms with Crippen LogP contribution in [-0.4, -0.2) is 0 Å². The minimum atomic E-state index is -0.00331. The molecule has 33 heavy (non-hydrogen) atoms. The van der Waals surface area contributed by atoms with Crippen LogP contribution in [0.25, 0.3) is 43.4 Å². The molecule has 0 heteroatoms. The molecule has 5 aromatic rings. The first-order chi connectivity index (χ1) is 16.1. The van der Waals surface area contributed by atoms with Crippen LogP contribution in [0.2, 0.25) is 0 Å². The average molecular weight is 435 g/mol. The van der Waals surface area contributed by atoms with Crippen molar-refractivity contribution in [2.75, 3.05) is 0 Å². The number of fused-ring (bicyclic) bond motifs is 8. The third-order valence-electron chi connectivity index (χ3n) is 6.40. The molecular formula is C33H38. The van der Waals surface area contributed by atoms with Gasteiger partial charge in [0.25, 0.3) is 0 Å². The summed E-state index contributed by atoms with van der Waals surface area (Å²) in [4.78, 5) is 0. The van der Waals surface area contributed by atoms with Gasteiger partial charge in [0.05, 0.1) is 0 Å². The Balaban J connectivity index is 0.000000475. The Hall–Kier alpha value is -3.12. The maximum Gasteiger partial charge on any atom is 0.0165 e. The second-order valence-electron chi connectivity index (χ2n) is 8.24. The average Bonchev–Trinajstić information content (AvgIpc) is 3.12. The van der Waals surface area contributed by atoms with Gasteiger partial charge in [0.2, 0.25) is 0 Å². The third kappa shape index (κ3) is 3.93. The highest BCUT2D eigenvalue weighted by Gasteiger charge is 2.37. The van der Waals surface area contributed by atoms with Crippen LogP contribution in [0.3, 0.4) is 0 Å². The Morgan fingerprint density at radius 2 is 1.00 bits per heavy atom. The minimum absolute atomic E-state index is 0.00331. The Kier molecular flexibility index (Phi) is 7.59. The van der Waals surface area contributed by atoms with Gasteiger partial charge in [0.15, 0.2) is 0 Å². The van der Waals surface area contributed by atoms with E-state index in [1.54, 1.807) is 0 Å². The molecule has 0 fully saturated rings. The first-order valence-electron chi connectivity index (χ1n) is 12.6. The molecule has 0 N–H and O–H groups in total. The van der Waals surface area contributed by atoms with Crippen molar-refractivity contribution in [2.45, 2.75) is 60.8 Å². The molecule has 1 aliphatic rings. The van der Waals surface area contributed by atoms with E-state index < -0.39 is 0 Å². The van der Waals surface area contributed by atoms with E-state index >= 15 is 0 Å². The lowest BCUT2D eigenvalue weighted by Gasteiger charge is -2.23. The lowest BCUT2D eigenvalue weighted by molar-refractivity contribution is 0.667. The highest BCUT2D eigenvalue weighted by atomic mass is 14.4. The topological polar surface area (TPSA) is 0 Å². The van der Waals surface area contributed by atoms with E-state index in [-0.39, 0.29) is 5.41 Å². The normalized spacial score (nSPS) is 12.5. The zero-order valence-corrected chi connectivity index (χ0v) is 21.6. The largest absolute Gasteiger partial charge is 0.0683 e. The number of hydrogen-bond donors (Lipinski definition) is 0. The summed E-state index contributed by atoms with van der Waals surface area (Å²) in [5, 5.41) is 8.04. The van der Waals surface area contributed by atoms with Gasteiger partial charge >= 0.3 is 0 Å².